The van der Waals surface area contributed by atoms with Crippen LogP contribution in [-0.2, 0) is 4.79 Å². The number of aliphatic carboxylic acids is 1. The summed E-state index contributed by atoms with van der Waals surface area (Å²) < 4.78 is 0. The second-order valence-corrected chi connectivity index (χ2v) is 3.87. The van der Waals surface area contributed by atoms with Crippen LogP contribution in [0, 0.1) is 5.92 Å². The number of carbonyl (C=O) groups is 1. The Balaban J connectivity index is 2.31. The molecule has 13 heavy (non-hydrogen) atoms. The standard InChI is InChI=1S/C10H19NO2/c1-11-9-5-3-2-4-8(9)6-7-10(12)13/h8-9,11H,2-7H2,1H3,(H,12,13)/t8-,9-/m0/s1. The second-order valence-electron chi connectivity index (χ2n) is 3.87. The summed E-state index contributed by atoms with van der Waals surface area (Å²) in [5.41, 5.74) is 0. The summed E-state index contributed by atoms with van der Waals surface area (Å²) in [7, 11) is 1.98. The van der Waals surface area contributed by atoms with Crippen LogP contribution >= 0.6 is 0 Å². The lowest BCUT2D eigenvalue weighted by molar-refractivity contribution is -0.137. The summed E-state index contributed by atoms with van der Waals surface area (Å²) in [4.78, 5) is 10.4. The predicted molar refractivity (Wildman–Crippen MR) is 51.7 cm³/mol. The molecular formula is C10H19NO2. The van der Waals surface area contributed by atoms with Crippen molar-refractivity contribution in [3.05, 3.63) is 0 Å². The molecule has 0 aromatic carbocycles. The maximum atomic E-state index is 10.4. The third-order valence-electron chi connectivity index (χ3n) is 3.01. The average Bonchev–Trinajstić information content (AvgIpc) is 2.15. The first kappa shape index (κ1) is 10.5. The molecule has 0 saturated heterocycles. The van der Waals surface area contributed by atoms with Gasteiger partial charge in [-0.25, -0.2) is 0 Å². The van der Waals surface area contributed by atoms with Crippen molar-refractivity contribution in [3.63, 3.8) is 0 Å². The van der Waals surface area contributed by atoms with E-state index in [1.54, 1.807) is 0 Å². The van der Waals surface area contributed by atoms with Crippen LogP contribution in [0.1, 0.15) is 38.5 Å². The van der Waals surface area contributed by atoms with Gasteiger partial charge >= 0.3 is 5.97 Å². The molecule has 0 unspecified atom stereocenters. The number of nitrogens with one attached hydrogen (secondary N) is 1. The Morgan fingerprint density at radius 2 is 2.15 bits per heavy atom. The van der Waals surface area contributed by atoms with Crippen LogP contribution in [0.5, 0.6) is 0 Å². The molecule has 2 N–H and O–H groups in total. The fourth-order valence-corrected chi connectivity index (χ4v) is 2.24. The van der Waals surface area contributed by atoms with E-state index in [0.29, 0.717) is 18.4 Å². The Morgan fingerprint density at radius 3 is 2.77 bits per heavy atom. The quantitative estimate of drug-likeness (QED) is 0.700. The van der Waals surface area contributed by atoms with E-state index in [1.165, 1.54) is 25.7 Å². The van der Waals surface area contributed by atoms with Crippen molar-refractivity contribution >= 4 is 5.97 Å². The fraction of sp³-hybridized carbons (Fsp3) is 0.900. The van der Waals surface area contributed by atoms with Crippen molar-refractivity contribution < 1.29 is 9.90 Å². The van der Waals surface area contributed by atoms with E-state index in [1.807, 2.05) is 7.05 Å². The zero-order valence-corrected chi connectivity index (χ0v) is 8.25. The van der Waals surface area contributed by atoms with Gasteiger partial charge in [-0.1, -0.05) is 12.8 Å². The van der Waals surface area contributed by atoms with Gasteiger partial charge in [-0.05, 0) is 32.2 Å². The lowest BCUT2D eigenvalue weighted by Crippen LogP contribution is -2.36. The number of carboxylic acids is 1. The first-order valence-corrected chi connectivity index (χ1v) is 5.13. The van der Waals surface area contributed by atoms with Crippen LogP contribution in [0.15, 0.2) is 0 Å². The third-order valence-corrected chi connectivity index (χ3v) is 3.01. The van der Waals surface area contributed by atoms with E-state index >= 15 is 0 Å². The Bertz CT molecular complexity index is 170. The maximum absolute atomic E-state index is 10.4. The molecule has 2 atom stereocenters. The second kappa shape index (κ2) is 5.22. The topological polar surface area (TPSA) is 49.3 Å². The largest absolute Gasteiger partial charge is 0.481 e. The van der Waals surface area contributed by atoms with Gasteiger partial charge in [-0.3, -0.25) is 4.79 Å². The molecule has 1 rings (SSSR count). The van der Waals surface area contributed by atoms with Gasteiger partial charge in [0.05, 0.1) is 0 Å². The van der Waals surface area contributed by atoms with Crippen molar-refractivity contribution in [2.45, 2.75) is 44.6 Å². The lowest BCUT2D eigenvalue weighted by atomic mass is 9.82. The summed E-state index contributed by atoms with van der Waals surface area (Å²) in [6, 6.07) is 0.549. The van der Waals surface area contributed by atoms with Crippen molar-refractivity contribution in [2.75, 3.05) is 7.05 Å². The van der Waals surface area contributed by atoms with Crippen LogP contribution in [0.25, 0.3) is 0 Å². The van der Waals surface area contributed by atoms with E-state index in [2.05, 4.69) is 5.32 Å². The van der Waals surface area contributed by atoms with Crippen molar-refractivity contribution in [1.82, 2.24) is 5.32 Å². The molecule has 0 heterocycles. The van der Waals surface area contributed by atoms with Gasteiger partial charge in [-0.2, -0.15) is 0 Å². The first-order chi connectivity index (χ1) is 6.24. The summed E-state index contributed by atoms with van der Waals surface area (Å²) in [5, 5.41) is 11.9. The number of hydrogen-bond acceptors (Lipinski definition) is 2. The lowest BCUT2D eigenvalue weighted by Gasteiger charge is -2.30. The van der Waals surface area contributed by atoms with Gasteiger partial charge in [0.2, 0.25) is 0 Å². The van der Waals surface area contributed by atoms with Crippen LogP contribution < -0.4 is 5.32 Å². The average molecular weight is 185 g/mol. The molecule has 1 aliphatic carbocycles. The van der Waals surface area contributed by atoms with Crippen LogP contribution in [0.2, 0.25) is 0 Å². The molecule has 3 nitrogen and oxygen atoms in total. The van der Waals surface area contributed by atoms with E-state index in [0.717, 1.165) is 6.42 Å². The summed E-state index contributed by atoms with van der Waals surface area (Å²) in [6.45, 7) is 0. The fourth-order valence-electron chi connectivity index (χ4n) is 2.24. The summed E-state index contributed by atoms with van der Waals surface area (Å²) >= 11 is 0. The third kappa shape index (κ3) is 3.35. The Labute approximate surface area is 79.5 Å². The summed E-state index contributed by atoms with van der Waals surface area (Å²) in [5.74, 6) is -0.0877. The SMILES string of the molecule is CN[C@H]1CCCC[C@H]1CCC(=O)O. The molecule has 1 fully saturated rings. The number of hydrogen-bond donors (Lipinski definition) is 2. The van der Waals surface area contributed by atoms with Crippen LogP contribution in [0.3, 0.4) is 0 Å². The molecule has 3 heteroatoms. The van der Waals surface area contributed by atoms with Gasteiger partial charge in [0.1, 0.15) is 0 Å². The molecule has 1 saturated carbocycles. The van der Waals surface area contributed by atoms with Gasteiger partial charge in [0.25, 0.3) is 0 Å². The molecule has 0 aromatic heterocycles. The van der Waals surface area contributed by atoms with Gasteiger partial charge < -0.3 is 10.4 Å². The highest BCUT2D eigenvalue weighted by Crippen LogP contribution is 2.27. The molecular weight excluding hydrogens is 166 g/mol. The normalized spacial score (nSPS) is 28.7. The monoisotopic (exact) mass is 185 g/mol. The van der Waals surface area contributed by atoms with Gasteiger partial charge in [0, 0.05) is 12.5 Å². The van der Waals surface area contributed by atoms with Gasteiger partial charge in [0.15, 0.2) is 0 Å². The Kier molecular flexibility index (Phi) is 4.22. The zero-order chi connectivity index (χ0) is 9.68. The van der Waals surface area contributed by atoms with E-state index < -0.39 is 5.97 Å². The minimum Gasteiger partial charge on any atom is -0.481 e. The van der Waals surface area contributed by atoms with E-state index in [-0.39, 0.29) is 0 Å². The van der Waals surface area contributed by atoms with Crippen LogP contribution in [-0.4, -0.2) is 24.2 Å². The molecule has 0 spiro atoms. The smallest absolute Gasteiger partial charge is 0.303 e. The van der Waals surface area contributed by atoms with E-state index in [9.17, 15) is 4.79 Å². The molecule has 0 aliphatic heterocycles. The minimum absolute atomic E-state index is 0.322. The van der Waals surface area contributed by atoms with Crippen LogP contribution in [0.4, 0.5) is 0 Å². The van der Waals surface area contributed by atoms with Crippen molar-refractivity contribution in [2.24, 2.45) is 5.92 Å². The highest BCUT2D eigenvalue weighted by Gasteiger charge is 2.23. The summed E-state index contributed by atoms with van der Waals surface area (Å²) in [6.07, 6.45) is 6.11. The highest BCUT2D eigenvalue weighted by molar-refractivity contribution is 5.66. The molecule has 1 aliphatic rings. The first-order valence-electron chi connectivity index (χ1n) is 5.13. The van der Waals surface area contributed by atoms with Gasteiger partial charge in [-0.15, -0.1) is 0 Å². The Hall–Kier alpha value is -0.570. The number of carboxylic acid groups (broad SMARTS) is 1. The Morgan fingerprint density at radius 1 is 1.46 bits per heavy atom. The number of rotatable bonds is 4. The molecule has 0 aromatic rings. The van der Waals surface area contributed by atoms with E-state index in [4.69, 9.17) is 5.11 Å². The van der Waals surface area contributed by atoms with Crippen molar-refractivity contribution in [3.8, 4) is 0 Å². The minimum atomic E-state index is -0.666. The maximum Gasteiger partial charge on any atom is 0.303 e. The molecule has 0 radical (unpaired) electrons. The highest BCUT2D eigenvalue weighted by atomic mass is 16.4. The molecule has 0 bridgehead atoms. The predicted octanol–water partition coefficient (Wildman–Crippen LogP) is 1.63. The van der Waals surface area contributed by atoms with Crippen molar-refractivity contribution in [1.29, 1.82) is 0 Å². The molecule has 0 amide bonds. The molecule has 76 valence electrons. The zero-order valence-electron chi connectivity index (χ0n) is 8.25.